The summed E-state index contributed by atoms with van der Waals surface area (Å²) in [4.78, 5) is 3.71. The van der Waals surface area contributed by atoms with Crippen LogP contribution in [0.4, 0.5) is 5.82 Å². The number of imidazole rings is 1. The summed E-state index contributed by atoms with van der Waals surface area (Å²) in [5, 5.41) is 9.86. The van der Waals surface area contributed by atoms with Gasteiger partial charge in [0.1, 0.15) is 4.90 Å². The van der Waals surface area contributed by atoms with Crippen molar-refractivity contribution in [2.24, 2.45) is 0 Å². The number of aromatic nitrogens is 2. The summed E-state index contributed by atoms with van der Waals surface area (Å²) >= 11 is 8.98. The quantitative estimate of drug-likeness (QED) is 0.751. The molecule has 1 aliphatic heterocycles. The lowest BCUT2D eigenvalue weighted by atomic mass is 10.2. The molecule has 1 aromatic carbocycles. The number of halogens is 2. The Kier molecular flexibility index (Phi) is 5.05. The average Bonchev–Trinajstić information content (AvgIpc) is 3.15. The second-order valence-electron chi connectivity index (χ2n) is 5.43. The molecule has 1 fully saturated rings. The van der Waals surface area contributed by atoms with E-state index in [0.29, 0.717) is 11.0 Å². The summed E-state index contributed by atoms with van der Waals surface area (Å²) in [6.45, 7) is 1.37. The number of ether oxygens (including phenoxy) is 1. The molecule has 0 spiro atoms. The van der Waals surface area contributed by atoms with Gasteiger partial charge in [0.25, 0.3) is 10.0 Å². The number of phenolic OH excluding ortho intramolecular Hbond substituents is 1. The van der Waals surface area contributed by atoms with Crippen molar-refractivity contribution in [2.45, 2.75) is 30.4 Å². The Morgan fingerprint density at radius 1 is 1.50 bits per heavy atom. The molecular formula is C14H15BrClN3O4S. The van der Waals surface area contributed by atoms with Crippen LogP contribution in [0, 0.1) is 0 Å². The first-order valence-electron chi connectivity index (χ1n) is 7.19. The number of nitrogens with zero attached hydrogens (tertiary/aromatic N) is 2. The minimum atomic E-state index is -4.02. The van der Waals surface area contributed by atoms with Gasteiger partial charge in [0.05, 0.1) is 17.5 Å². The van der Waals surface area contributed by atoms with E-state index in [-0.39, 0.29) is 21.8 Å². The normalized spacial score (nSPS) is 18.0. The molecule has 0 aliphatic carbocycles. The van der Waals surface area contributed by atoms with Crippen molar-refractivity contribution in [2.75, 3.05) is 11.3 Å². The van der Waals surface area contributed by atoms with E-state index in [2.05, 4.69) is 25.6 Å². The Morgan fingerprint density at radius 2 is 2.29 bits per heavy atom. The molecule has 1 aromatic heterocycles. The van der Waals surface area contributed by atoms with Gasteiger partial charge in [-0.05, 0) is 25.0 Å². The molecule has 1 atom stereocenters. The van der Waals surface area contributed by atoms with Crippen LogP contribution < -0.4 is 4.72 Å². The molecule has 0 saturated carbocycles. The highest BCUT2D eigenvalue weighted by Crippen LogP contribution is 2.35. The fourth-order valence-corrected chi connectivity index (χ4v) is 4.63. The third-order valence-electron chi connectivity index (χ3n) is 3.59. The molecule has 10 heteroatoms. The van der Waals surface area contributed by atoms with Crippen LogP contribution in [0.5, 0.6) is 5.75 Å². The van der Waals surface area contributed by atoms with Crippen molar-refractivity contribution in [1.29, 1.82) is 0 Å². The first-order valence-corrected chi connectivity index (χ1v) is 9.85. The number of anilines is 1. The number of hydrogen-bond donors (Lipinski definition) is 2. The number of aromatic hydroxyl groups is 1. The maximum Gasteiger partial charge on any atom is 0.266 e. The molecule has 1 unspecified atom stereocenters. The number of sulfonamides is 1. The number of benzene rings is 1. The van der Waals surface area contributed by atoms with Gasteiger partial charge in [0, 0.05) is 23.8 Å². The maximum absolute atomic E-state index is 12.5. The average molecular weight is 437 g/mol. The maximum atomic E-state index is 12.5. The predicted octanol–water partition coefficient (Wildman–Crippen LogP) is 2.98. The fraction of sp³-hybridized carbons (Fsp3) is 0.357. The Hall–Kier alpha value is -1.29. The zero-order valence-corrected chi connectivity index (χ0v) is 15.6. The number of nitrogens with one attached hydrogen (secondary N) is 1. The molecule has 2 N–H and O–H groups in total. The smallest absolute Gasteiger partial charge is 0.266 e. The van der Waals surface area contributed by atoms with E-state index in [4.69, 9.17) is 16.3 Å². The molecule has 1 aliphatic rings. The van der Waals surface area contributed by atoms with E-state index >= 15 is 0 Å². The molecule has 1 saturated heterocycles. The summed E-state index contributed by atoms with van der Waals surface area (Å²) in [6, 6.07) is 2.68. The van der Waals surface area contributed by atoms with Crippen molar-refractivity contribution in [1.82, 2.24) is 9.55 Å². The van der Waals surface area contributed by atoms with Gasteiger partial charge in [0.15, 0.2) is 11.6 Å². The van der Waals surface area contributed by atoms with E-state index in [9.17, 15) is 13.5 Å². The van der Waals surface area contributed by atoms with Crippen molar-refractivity contribution in [3.8, 4) is 5.75 Å². The Balaban J connectivity index is 1.79. The molecule has 0 bridgehead atoms. The van der Waals surface area contributed by atoms with Crippen LogP contribution in [0.1, 0.15) is 12.8 Å². The van der Waals surface area contributed by atoms with Crippen LogP contribution in [0.15, 0.2) is 34.0 Å². The lowest BCUT2D eigenvalue weighted by Gasteiger charge is -2.10. The van der Waals surface area contributed by atoms with Gasteiger partial charge in [-0.25, -0.2) is 13.4 Å². The lowest BCUT2D eigenvalue weighted by Crippen LogP contribution is -2.14. The Morgan fingerprint density at radius 3 is 3.00 bits per heavy atom. The summed E-state index contributed by atoms with van der Waals surface area (Å²) in [7, 11) is -4.02. The highest BCUT2D eigenvalue weighted by Gasteiger charge is 2.23. The van der Waals surface area contributed by atoms with Gasteiger partial charge in [-0.1, -0.05) is 27.5 Å². The molecule has 2 heterocycles. The highest BCUT2D eigenvalue weighted by atomic mass is 79.9. The second-order valence-corrected chi connectivity index (χ2v) is 8.40. The molecular weight excluding hydrogens is 422 g/mol. The Labute approximate surface area is 152 Å². The third kappa shape index (κ3) is 3.85. The van der Waals surface area contributed by atoms with Crippen molar-refractivity contribution in [3.63, 3.8) is 0 Å². The van der Waals surface area contributed by atoms with E-state index in [1.54, 1.807) is 10.8 Å². The lowest BCUT2D eigenvalue weighted by molar-refractivity contribution is 0.0970. The van der Waals surface area contributed by atoms with Crippen LogP contribution in [-0.4, -0.2) is 35.8 Å². The minimum Gasteiger partial charge on any atom is -0.505 e. The first-order chi connectivity index (χ1) is 11.3. The van der Waals surface area contributed by atoms with Crippen LogP contribution >= 0.6 is 27.5 Å². The fourth-order valence-electron chi connectivity index (χ4n) is 2.48. The van der Waals surface area contributed by atoms with Crippen LogP contribution in [0.3, 0.4) is 0 Å². The van der Waals surface area contributed by atoms with Gasteiger partial charge in [-0.15, -0.1) is 0 Å². The molecule has 2 aromatic rings. The van der Waals surface area contributed by atoms with E-state index in [1.807, 2.05) is 0 Å². The largest absolute Gasteiger partial charge is 0.505 e. The Bertz CT molecular complexity index is 850. The van der Waals surface area contributed by atoms with E-state index < -0.39 is 15.8 Å². The first kappa shape index (κ1) is 17.5. The second kappa shape index (κ2) is 6.91. The van der Waals surface area contributed by atoms with Crippen LogP contribution in [0.2, 0.25) is 5.02 Å². The zero-order chi connectivity index (χ0) is 17.3. The van der Waals surface area contributed by atoms with Gasteiger partial charge >= 0.3 is 0 Å². The topological polar surface area (TPSA) is 93.5 Å². The monoisotopic (exact) mass is 435 g/mol. The minimum absolute atomic E-state index is 0.0614. The predicted molar refractivity (Wildman–Crippen MR) is 92.8 cm³/mol. The van der Waals surface area contributed by atoms with Crippen LogP contribution in [0.25, 0.3) is 0 Å². The van der Waals surface area contributed by atoms with E-state index in [1.165, 1.54) is 18.5 Å². The van der Waals surface area contributed by atoms with Gasteiger partial charge in [-0.2, -0.15) is 0 Å². The summed E-state index contributed by atoms with van der Waals surface area (Å²) < 4.78 is 35.0. The molecule has 24 heavy (non-hydrogen) atoms. The number of rotatable bonds is 5. The number of hydrogen-bond acceptors (Lipinski definition) is 5. The number of phenols is 1. The van der Waals surface area contributed by atoms with Crippen LogP contribution in [-0.2, 0) is 21.3 Å². The van der Waals surface area contributed by atoms with Crippen molar-refractivity contribution >= 4 is 43.4 Å². The SMILES string of the molecule is O=S(=O)(Nc1cn(CC2CCCO2)cn1)c1cc(Br)cc(Cl)c1O. The van der Waals surface area contributed by atoms with Crippen molar-refractivity contribution in [3.05, 3.63) is 34.2 Å². The van der Waals surface area contributed by atoms with Gasteiger partial charge < -0.3 is 14.4 Å². The standard InChI is InChI=1S/C14H15BrClN3O4S/c15-9-4-11(16)14(20)12(5-9)24(21,22)18-13-7-19(8-17-13)6-10-2-1-3-23-10/h4-5,7-8,10,18,20H,1-3,6H2. The summed E-state index contributed by atoms with van der Waals surface area (Å²) in [6.07, 6.45) is 5.24. The third-order valence-corrected chi connectivity index (χ3v) is 5.71. The molecule has 3 rings (SSSR count). The van der Waals surface area contributed by atoms with Crippen molar-refractivity contribution < 1.29 is 18.3 Å². The summed E-state index contributed by atoms with van der Waals surface area (Å²) in [5.41, 5.74) is 0. The molecule has 130 valence electrons. The molecule has 0 radical (unpaired) electrons. The summed E-state index contributed by atoms with van der Waals surface area (Å²) in [5.74, 6) is -0.352. The molecule has 0 amide bonds. The van der Waals surface area contributed by atoms with Gasteiger partial charge in [0.2, 0.25) is 0 Å². The molecule has 7 nitrogen and oxygen atoms in total. The highest BCUT2D eigenvalue weighted by molar-refractivity contribution is 9.10. The zero-order valence-electron chi connectivity index (χ0n) is 12.4. The van der Waals surface area contributed by atoms with Gasteiger partial charge in [-0.3, -0.25) is 4.72 Å². The van der Waals surface area contributed by atoms with E-state index in [0.717, 1.165) is 19.4 Å².